The third-order valence-electron chi connectivity index (χ3n) is 3.43. The Morgan fingerprint density at radius 1 is 1.08 bits per heavy atom. The van der Waals surface area contributed by atoms with Crippen molar-refractivity contribution in [3.63, 3.8) is 0 Å². The molecule has 8 heteroatoms. The van der Waals surface area contributed by atoms with E-state index in [1.165, 1.54) is 18.5 Å². The molecule has 1 aromatic heterocycles. The zero-order valence-electron chi connectivity index (χ0n) is 13.9. The molecule has 1 aromatic carbocycles. The highest BCUT2D eigenvalue weighted by Gasteiger charge is 2.14. The first-order chi connectivity index (χ1) is 12.0. The van der Waals surface area contributed by atoms with Crippen LogP contribution in [0.5, 0.6) is 11.5 Å². The minimum Gasteiger partial charge on any atom is -0.493 e. The first kappa shape index (κ1) is 18.1. The van der Waals surface area contributed by atoms with E-state index < -0.39 is 11.8 Å². The Kier molecular flexibility index (Phi) is 6.16. The predicted molar refractivity (Wildman–Crippen MR) is 92.0 cm³/mol. The normalized spacial score (nSPS) is 10.0. The van der Waals surface area contributed by atoms with Gasteiger partial charge in [-0.1, -0.05) is 6.07 Å². The van der Waals surface area contributed by atoms with E-state index in [0.717, 1.165) is 5.56 Å². The van der Waals surface area contributed by atoms with Gasteiger partial charge in [0.1, 0.15) is 5.69 Å². The average Bonchev–Trinajstić information content (AvgIpc) is 2.63. The lowest BCUT2D eigenvalue weighted by Gasteiger charge is -2.10. The van der Waals surface area contributed by atoms with Crippen LogP contribution in [0.15, 0.2) is 41.5 Å². The molecule has 25 heavy (non-hydrogen) atoms. The van der Waals surface area contributed by atoms with Crippen LogP contribution in [0.25, 0.3) is 0 Å². The number of amides is 2. The van der Waals surface area contributed by atoms with Gasteiger partial charge in [-0.25, -0.2) is 0 Å². The number of benzene rings is 1. The Morgan fingerprint density at radius 3 is 2.52 bits per heavy atom. The van der Waals surface area contributed by atoms with E-state index >= 15 is 0 Å². The van der Waals surface area contributed by atoms with Gasteiger partial charge in [-0.2, -0.15) is 0 Å². The quantitative estimate of drug-likeness (QED) is 0.667. The fraction of sp³-hybridized carbons (Fsp3) is 0.235. The van der Waals surface area contributed by atoms with Crippen LogP contribution in [0.2, 0.25) is 0 Å². The molecule has 1 heterocycles. The number of anilines is 1. The molecule has 3 N–H and O–H groups in total. The fourth-order valence-corrected chi connectivity index (χ4v) is 2.13. The minimum absolute atomic E-state index is 0.0162. The molecular formula is C17H19N3O5. The Hall–Kier alpha value is -3.29. The molecule has 0 atom stereocenters. The van der Waals surface area contributed by atoms with Crippen molar-refractivity contribution in [2.45, 2.75) is 6.42 Å². The third kappa shape index (κ3) is 4.84. The second-order valence-electron chi connectivity index (χ2n) is 5.07. The van der Waals surface area contributed by atoms with Gasteiger partial charge in [-0.3, -0.25) is 14.4 Å². The van der Waals surface area contributed by atoms with E-state index in [4.69, 9.17) is 9.47 Å². The lowest BCUT2D eigenvalue weighted by Crippen LogP contribution is -2.37. The lowest BCUT2D eigenvalue weighted by molar-refractivity contribution is -0.136. The predicted octanol–water partition coefficient (Wildman–Crippen LogP) is 0.689. The van der Waals surface area contributed by atoms with Crippen LogP contribution in [0.4, 0.5) is 5.69 Å². The second kappa shape index (κ2) is 8.53. The molecule has 0 saturated carbocycles. The molecule has 0 unspecified atom stereocenters. The number of nitrogens with one attached hydrogen (secondary N) is 3. The Balaban J connectivity index is 1.87. The van der Waals surface area contributed by atoms with Gasteiger partial charge in [0.25, 0.3) is 0 Å². The smallest absolute Gasteiger partial charge is 0.313 e. The highest BCUT2D eigenvalue weighted by Crippen LogP contribution is 2.27. The van der Waals surface area contributed by atoms with Crippen molar-refractivity contribution in [2.75, 3.05) is 26.1 Å². The number of methoxy groups -OCH3 is 2. The first-order valence-corrected chi connectivity index (χ1v) is 7.52. The second-order valence-corrected chi connectivity index (χ2v) is 5.07. The van der Waals surface area contributed by atoms with Crippen molar-refractivity contribution in [3.05, 3.63) is 52.4 Å². The topological polar surface area (TPSA) is 110 Å². The maximum atomic E-state index is 11.8. The maximum absolute atomic E-state index is 11.8. The molecule has 0 bridgehead atoms. The molecule has 2 amide bonds. The van der Waals surface area contributed by atoms with Crippen LogP contribution in [-0.4, -0.2) is 37.6 Å². The van der Waals surface area contributed by atoms with E-state index in [1.807, 2.05) is 6.07 Å². The van der Waals surface area contributed by atoms with Crippen molar-refractivity contribution in [3.8, 4) is 11.5 Å². The zero-order chi connectivity index (χ0) is 18.2. The highest BCUT2D eigenvalue weighted by atomic mass is 16.5. The summed E-state index contributed by atoms with van der Waals surface area (Å²) in [6, 6.07) is 6.67. The van der Waals surface area contributed by atoms with Crippen molar-refractivity contribution in [2.24, 2.45) is 0 Å². The Labute approximate surface area is 144 Å². The van der Waals surface area contributed by atoms with Gasteiger partial charge in [0.2, 0.25) is 5.43 Å². The van der Waals surface area contributed by atoms with E-state index in [2.05, 4.69) is 15.6 Å². The van der Waals surface area contributed by atoms with Gasteiger partial charge in [0, 0.05) is 25.0 Å². The molecule has 0 aliphatic heterocycles. The highest BCUT2D eigenvalue weighted by molar-refractivity contribution is 6.39. The van der Waals surface area contributed by atoms with Crippen LogP contribution in [0.3, 0.4) is 0 Å². The van der Waals surface area contributed by atoms with Gasteiger partial charge in [0.05, 0.1) is 14.2 Å². The summed E-state index contributed by atoms with van der Waals surface area (Å²) in [5.74, 6) is -0.511. The van der Waals surface area contributed by atoms with Crippen LogP contribution in [0, 0.1) is 0 Å². The van der Waals surface area contributed by atoms with Crippen molar-refractivity contribution >= 4 is 17.5 Å². The summed E-state index contributed by atoms with van der Waals surface area (Å²) in [6.07, 6.45) is 3.25. The number of pyridine rings is 1. The molecule has 2 aromatic rings. The molecule has 0 radical (unpaired) electrons. The summed E-state index contributed by atoms with van der Waals surface area (Å²) in [4.78, 5) is 37.7. The van der Waals surface area contributed by atoms with Gasteiger partial charge in [0.15, 0.2) is 11.5 Å². The van der Waals surface area contributed by atoms with Crippen molar-refractivity contribution in [1.82, 2.24) is 10.3 Å². The van der Waals surface area contributed by atoms with Gasteiger partial charge in [-0.15, -0.1) is 0 Å². The van der Waals surface area contributed by atoms with E-state index in [-0.39, 0.29) is 17.7 Å². The molecule has 0 saturated heterocycles. The van der Waals surface area contributed by atoms with E-state index in [1.54, 1.807) is 26.4 Å². The van der Waals surface area contributed by atoms with E-state index in [9.17, 15) is 14.4 Å². The summed E-state index contributed by atoms with van der Waals surface area (Å²) in [5, 5.41) is 4.76. The summed E-state index contributed by atoms with van der Waals surface area (Å²) in [7, 11) is 3.09. The molecule has 2 rings (SSSR count). The molecule has 132 valence electrons. The van der Waals surface area contributed by atoms with Crippen molar-refractivity contribution < 1.29 is 19.1 Å². The van der Waals surface area contributed by atoms with E-state index in [0.29, 0.717) is 17.9 Å². The summed E-state index contributed by atoms with van der Waals surface area (Å²) in [5.41, 5.74) is 0.547. The minimum atomic E-state index is -0.899. The number of rotatable bonds is 6. The number of aromatic nitrogens is 1. The number of carbonyl (C=O) groups excluding carboxylic acids is 2. The molecule has 0 spiro atoms. The SMILES string of the molecule is COc1ccc(CCNC(=O)C(=O)Nc2c[nH]ccc2=O)cc1OC. The van der Waals surface area contributed by atoms with Gasteiger partial charge in [-0.05, 0) is 24.1 Å². The average molecular weight is 345 g/mol. The number of hydrogen-bond donors (Lipinski definition) is 3. The van der Waals surface area contributed by atoms with Crippen LogP contribution in [-0.2, 0) is 16.0 Å². The third-order valence-corrected chi connectivity index (χ3v) is 3.43. The van der Waals surface area contributed by atoms with Crippen LogP contribution < -0.4 is 25.5 Å². The molecule has 0 fully saturated rings. The Morgan fingerprint density at radius 2 is 1.84 bits per heavy atom. The zero-order valence-corrected chi connectivity index (χ0v) is 13.9. The number of H-pyrrole nitrogens is 1. The number of ether oxygens (including phenoxy) is 2. The summed E-state index contributed by atoms with van der Waals surface area (Å²) in [6.45, 7) is 0.257. The van der Waals surface area contributed by atoms with Crippen LogP contribution in [0.1, 0.15) is 5.56 Å². The fourth-order valence-electron chi connectivity index (χ4n) is 2.13. The largest absolute Gasteiger partial charge is 0.493 e. The first-order valence-electron chi connectivity index (χ1n) is 7.52. The molecule has 8 nitrogen and oxygen atoms in total. The maximum Gasteiger partial charge on any atom is 0.313 e. The van der Waals surface area contributed by atoms with Gasteiger partial charge >= 0.3 is 11.8 Å². The summed E-state index contributed by atoms with van der Waals surface area (Å²) < 4.78 is 10.4. The van der Waals surface area contributed by atoms with Gasteiger partial charge < -0.3 is 25.1 Å². The number of hydrogen-bond acceptors (Lipinski definition) is 5. The molecule has 0 aliphatic rings. The standard InChI is InChI=1S/C17H19N3O5/c1-24-14-4-3-11(9-15(14)25-2)5-8-19-16(22)17(23)20-12-10-18-7-6-13(12)21/h3-4,6-7,9-10H,5,8H2,1-2H3,(H,18,21)(H,19,22)(H,20,23). The van der Waals surface area contributed by atoms with Crippen LogP contribution >= 0.6 is 0 Å². The lowest BCUT2D eigenvalue weighted by atomic mass is 10.1. The molecule has 0 aliphatic carbocycles. The number of carbonyl (C=O) groups is 2. The summed E-state index contributed by atoms with van der Waals surface area (Å²) >= 11 is 0. The Bertz CT molecular complexity index is 816. The molecular weight excluding hydrogens is 326 g/mol. The monoisotopic (exact) mass is 345 g/mol. The van der Waals surface area contributed by atoms with Crippen molar-refractivity contribution in [1.29, 1.82) is 0 Å². The number of aromatic amines is 1.